The van der Waals surface area contributed by atoms with E-state index in [-0.39, 0.29) is 24.5 Å². The van der Waals surface area contributed by atoms with Crippen molar-refractivity contribution < 1.29 is 26.7 Å². The van der Waals surface area contributed by atoms with E-state index in [0.29, 0.717) is 12.8 Å². The third-order valence-corrected chi connectivity index (χ3v) is 5.72. The van der Waals surface area contributed by atoms with Crippen LogP contribution in [0.4, 0.5) is 0 Å². The first kappa shape index (κ1) is 15.4. The third-order valence-electron chi connectivity index (χ3n) is 2.78. The topological polar surface area (TPSA) is 109 Å². The lowest BCUT2D eigenvalue weighted by atomic mass is 10.2. The van der Waals surface area contributed by atoms with Gasteiger partial charge in [0.1, 0.15) is 15.9 Å². The van der Waals surface area contributed by atoms with Crippen molar-refractivity contribution in [2.75, 3.05) is 24.3 Å². The summed E-state index contributed by atoms with van der Waals surface area (Å²) in [5, 5.41) is 9.05. The second kappa shape index (κ2) is 5.54. The van der Waals surface area contributed by atoms with E-state index in [4.69, 9.17) is 5.11 Å². The number of rotatable bonds is 5. The first-order valence-corrected chi connectivity index (χ1v) is 9.20. The van der Waals surface area contributed by atoms with Gasteiger partial charge < -0.3 is 5.11 Å². The van der Waals surface area contributed by atoms with E-state index in [1.54, 1.807) is 0 Å². The molecule has 1 aliphatic heterocycles. The summed E-state index contributed by atoms with van der Waals surface area (Å²) >= 11 is 0. The van der Waals surface area contributed by atoms with Crippen LogP contribution in [-0.2, 0) is 24.7 Å². The molecule has 0 aromatic heterocycles. The maximum Gasteiger partial charge on any atom is 0.322 e. The molecule has 0 radical (unpaired) electrons. The van der Waals surface area contributed by atoms with Gasteiger partial charge in [-0.3, -0.25) is 4.79 Å². The van der Waals surface area contributed by atoms with E-state index in [1.807, 2.05) is 0 Å². The fourth-order valence-corrected chi connectivity index (χ4v) is 4.32. The fourth-order valence-electron chi connectivity index (χ4n) is 1.87. The minimum Gasteiger partial charge on any atom is -0.480 e. The lowest BCUT2D eigenvalue weighted by Crippen LogP contribution is -2.49. The number of sulfone groups is 1. The van der Waals surface area contributed by atoms with Crippen molar-refractivity contribution in [2.45, 2.75) is 25.3 Å². The van der Waals surface area contributed by atoms with Gasteiger partial charge in [-0.15, -0.1) is 0 Å². The molecule has 1 heterocycles. The normalized spacial score (nSPS) is 22.5. The summed E-state index contributed by atoms with van der Waals surface area (Å²) in [7, 11) is -6.89. The van der Waals surface area contributed by atoms with Gasteiger partial charge in [0.25, 0.3) is 0 Å². The molecule has 1 unspecified atom stereocenters. The molecule has 9 heteroatoms. The zero-order valence-electron chi connectivity index (χ0n) is 10.1. The predicted octanol–water partition coefficient (Wildman–Crippen LogP) is -0.700. The van der Waals surface area contributed by atoms with E-state index in [2.05, 4.69) is 0 Å². The molecular weight excluding hydrogens is 282 g/mol. The molecule has 1 atom stereocenters. The van der Waals surface area contributed by atoms with Gasteiger partial charge in [-0.1, -0.05) is 0 Å². The van der Waals surface area contributed by atoms with Gasteiger partial charge in [-0.2, -0.15) is 4.31 Å². The molecule has 0 saturated carbocycles. The number of aliphatic carboxylic acids is 1. The molecule has 1 aliphatic rings. The first-order chi connectivity index (χ1) is 8.13. The van der Waals surface area contributed by atoms with Crippen LogP contribution in [-0.4, -0.2) is 62.6 Å². The van der Waals surface area contributed by atoms with E-state index < -0.39 is 31.9 Å². The van der Waals surface area contributed by atoms with E-state index in [0.717, 1.165) is 10.6 Å². The Kier molecular flexibility index (Phi) is 4.73. The standard InChI is InChI=1S/C9H17NO6S2/c1-17(13,14)7-4-8(9(11)12)10-5-2-3-6-18(10,15)16/h8H,2-7H2,1H3,(H,11,12). The molecule has 1 N–H and O–H groups in total. The SMILES string of the molecule is CS(=O)(=O)CCC(C(=O)O)N1CCCCS1(=O)=O. The summed E-state index contributed by atoms with van der Waals surface area (Å²) in [6, 6.07) is -1.29. The van der Waals surface area contributed by atoms with Crippen LogP contribution in [0.5, 0.6) is 0 Å². The second-order valence-electron chi connectivity index (χ2n) is 4.41. The number of carboxylic acid groups (broad SMARTS) is 1. The van der Waals surface area contributed by atoms with E-state index in [9.17, 15) is 21.6 Å². The van der Waals surface area contributed by atoms with Crippen molar-refractivity contribution in [1.29, 1.82) is 0 Å². The molecule has 0 bridgehead atoms. The number of carbonyl (C=O) groups is 1. The van der Waals surface area contributed by atoms with Crippen molar-refractivity contribution in [3.05, 3.63) is 0 Å². The Morgan fingerprint density at radius 3 is 2.44 bits per heavy atom. The van der Waals surface area contributed by atoms with Crippen molar-refractivity contribution in [3.8, 4) is 0 Å². The molecule has 0 aliphatic carbocycles. The quantitative estimate of drug-likeness (QED) is 0.719. The van der Waals surface area contributed by atoms with Crippen LogP contribution >= 0.6 is 0 Å². The van der Waals surface area contributed by atoms with Crippen LogP contribution < -0.4 is 0 Å². The predicted molar refractivity (Wildman–Crippen MR) is 65.5 cm³/mol. The largest absolute Gasteiger partial charge is 0.480 e. The average Bonchev–Trinajstić information content (AvgIpc) is 2.18. The lowest BCUT2D eigenvalue weighted by Gasteiger charge is -2.31. The third kappa shape index (κ3) is 4.21. The highest BCUT2D eigenvalue weighted by Crippen LogP contribution is 2.19. The Labute approximate surface area is 107 Å². The Balaban J connectivity index is 2.88. The number of hydrogen-bond donors (Lipinski definition) is 1. The monoisotopic (exact) mass is 299 g/mol. The number of nitrogens with zero attached hydrogens (tertiary/aromatic N) is 1. The molecule has 0 amide bonds. The summed E-state index contributed by atoms with van der Waals surface area (Å²) in [6.07, 6.45) is 1.89. The number of sulfonamides is 1. The molecule has 0 aromatic rings. The minimum atomic E-state index is -3.58. The van der Waals surface area contributed by atoms with Crippen molar-refractivity contribution >= 4 is 25.8 Å². The minimum absolute atomic E-state index is 0.0738. The summed E-state index contributed by atoms with van der Waals surface area (Å²) in [5.74, 6) is -1.71. The Hall–Kier alpha value is -0.670. The van der Waals surface area contributed by atoms with Crippen LogP contribution in [0, 0.1) is 0 Å². The Morgan fingerprint density at radius 1 is 1.39 bits per heavy atom. The molecule has 0 spiro atoms. The molecule has 1 saturated heterocycles. The Morgan fingerprint density at radius 2 is 2.00 bits per heavy atom. The van der Waals surface area contributed by atoms with Crippen molar-refractivity contribution in [1.82, 2.24) is 4.31 Å². The average molecular weight is 299 g/mol. The highest BCUT2D eigenvalue weighted by Gasteiger charge is 2.36. The number of hydrogen-bond acceptors (Lipinski definition) is 5. The maximum absolute atomic E-state index is 11.8. The summed E-state index contributed by atoms with van der Waals surface area (Å²) in [4.78, 5) is 11.1. The molecule has 7 nitrogen and oxygen atoms in total. The van der Waals surface area contributed by atoms with Crippen LogP contribution in [0.3, 0.4) is 0 Å². The molecule has 18 heavy (non-hydrogen) atoms. The van der Waals surface area contributed by atoms with Crippen LogP contribution in [0.1, 0.15) is 19.3 Å². The van der Waals surface area contributed by atoms with Gasteiger partial charge in [0, 0.05) is 12.8 Å². The zero-order chi connectivity index (χ0) is 14.0. The van der Waals surface area contributed by atoms with Crippen LogP contribution in [0.25, 0.3) is 0 Å². The Bertz CT molecular complexity index is 509. The smallest absolute Gasteiger partial charge is 0.322 e. The first-order valence-electron chi connectivity index (χ1n) is 5.53. The van der Waals surface area contributed by atoms with E-state index >= 15 is 0 Å². The lowest BCUT2D eigenvalue weighted by molar-refractivity contribution is -0.141. The van der Waals surface area contributed by atoms with Crippen LogP contribution in [0.2, 0.25) is 0 Å². The molecule has 106 valence electrons. The van der Waals surface area contributed by atoms with Crippen molar-refractivity contribution in [2.24, 2.45) is 0 Å². The zero-order valence-corrected chi connectivity index (χ0v) is 11.7. The summed E-state index contributed by atoms with van der Waals surface area (Å²) < 4.78 is 46.5. The van der Waals surface area contributed by atoms with Gasteiger partial charge in [0.2, 0.25) is 10.0 Å². The number of carboxylic acids is 1. The van der Waals surface area contributed by atoms with E-state index in [1.165, 1.54) is 0 Å². The molecular formula is C9H17NO6S2. The van der Waals surface area contributed by atoms with Gasteiger partial charge in [-0.25, -0.2) is 16.8 Å². The molecule has 1 rings (SSSR count). The highest BCUT2D eigenvalue weighted by atomic mass is 32.2. The van der Waals surface area contributed by atoms with Crippen LogP contribution in [0.15, 0.2) is 0 Å². The fraction of sp³-hybridized carbons (Fsp3) is 0.889. The highest BCUT2D eigenvalue weighted by molar-refractivity contribution is 7.90. The van der Waals surface area contributed by atoms with Crippen molar-refractivity contribution in [3.63, 3.8) is 0 Å². The molecule has 0 aromatic carbocycles. The molecule has 1 fully saturated rings. The van der Waals surface area contributed by atoms with Gasteiger partial charge in [-0.05, 0) is 19.3 Å². The second-order valence-corrected chi connectivity index (χ2v) is 8.71. The maximum atomic E-state index is 11.8. The van der Waals surface area contributed by atoms with Gasteiger partial charge in [0.05, 0.1) is 11.5 Å². The summed E-state index contributed by atoms with van der Waals surface area (Å²) in [6.45, 7) is 0.142. The van der Waals surface area contributed by atoms with Gasteiger partial charge in [0.15, 0.2) is 0 Å². The summed E-state index contributed by atoms with van der Waals surface area (Å²) in [5.41, 5.74) is 0. The van der Waals surface area contributed by atoms with Gasteiger partial charge >= 0.3 is 5.97 Å².